The predicted octanol–water partition coefficient (Wildman–Crippen LogP) is 20.9. The number of hydrogen-bond donors (Lipinski definition) is 5. The molecule has 5 amide bonds. The highest BCUT2D eigenvalue weighted by molar-refractivity contribution is 7.19. The van der Waals surface area contributed by atoms with Crippen LogP contribution in [0.1, 0.15) is 290 Å². The van der Waals surface area contributed by atoms with Crippen molar-refractivity contribution in [2.45, 2.75) is 323 Å². The van der Waals surface area contributed by atoms with Gasteiger partial charge in [-0.05, 0) is 291 Å². The van der Waals surface area contributed by atoms with Gasteiger partial charge < -0.3 is 51.0 Å². The van der Waals surface area contributed by atoms with Gasteiger partial charge in [0, 0.05) is 147 Å². The molecule has 4 aromatic heterocycles. The minimum atomic E-state index is -0.509. The SMILES string of the molecule is CCC(=O)C[C@@H](Cc1nc2ccc(CC)cc2s1)C(=O)N[C@H](CCC(=O)/C=C/CN(C)C)C1CCCC1.CCCC(=O)C[C@@H](Cc1nc2ccc(CC)cc2s1)C(=O)N[C@H](CCC(=O)/C=C/CN(C)C)C1CCCC1.CCc1ccc2nc(C[C@H](CC(=O)NC)C(=O)N[C@H](CCC(=O)/C=C/CN(C)C)C3CCCC3)sc2c1.CCc1ccc2nc(C[C@H](CC(C)=O)C(=O)N[C@H](CCC(=O)/C=C/CN(C)C)C3CCCC3)sc2c1. The fraction of sp³-hybridized carbons (Fsp3) is 0.597. The topological polar surface area (TPSA) is 330 Å². The molecule has 0 unspecified atom stereocenters. The van der Waals surface area contributed by atoms with Crippen molar-refractivity contribution in [2.75, 3.05) is 89.6 Å². The number of ketones is 7. The lowest BCUT2D eigenvalue weighted by Gasteiger charge is -2.27. The number of Topliss-reactive ketones (excluding diaryl/α,β-unsaturated/α-hetero) is 3. The van der Waals surface area contributed by atoms with E-state index in [1.165, 1.54) is 22.3 Å². The summed E-state index contributed by atoms with van der Waals surface area (Å²) in [7, 11) is 17.3. The van der Waals surface area contributed by atoms with E-state index in [0.29, 0.717) is 114 Å². The second kappa shape index (κ2) is 64.9. The number of rotatable bonds is 59. The number of thiazole rings is 4. The van der Waals surface area contributed by atoms with E-state index in [-0.39, 0.29) is 120 Å². The summed E-state index contributed by atoms with van der Waals surface area (Å²) in [5, 5.41) is 19.3. The molecular formula is C119H171N13O12S4. The minimum Gasteiger partial charge on any atom is -0.359 e. The van der Waals surface area contributed by atoms with E-state index < -0.39 is 23.7 Å². The number of allylic oxidation sites excluding steroid dienone is 4. The van der Waals surface area contributed by atoms with Crippen molar-refractivity contribution in [2.24, 2.45) is 47.3 Å². The maximum absolute atomic E-state index is 13.7. The van der Waals surface area contributed by atoms with Gasteiger partial charge in [-0.2, -0.15) is 0 Å². The van der Waals surface area contributed by atoms with Crippen molar-refractivity contribution in [1.29, 1.82) is 0 Å². The minimum absolute atomic E-state index is 0.00292. The predicted molar refractivity (Wildman–Crippen MR) is 606 cm³/mol. The third-order valence-electron chi connectivity index (χ3n) is 29.0. The number of benzene rings is 4. The van der Waals surface area contributed by atoms with Gasteiger partial charge in [0.1, 0.15) is 17.3 Å². The molecule has 0 spiro atoms. The molecule has 0 aliphatic heterocycles. The molecule has 4 saturated carbocycles. The summed E-state index contributed by atoms with van der Waals surface area (Å²) in [5.41, 5.74) is 8.83. The number of carbonyl (C=O) groups excluding carboxylic acids is 12. The van der Waals surface area contributed by atoms with E-state index in [1.807, 2.05) is 138 Å². The number of amides is 5. The Morgan fingerprint density at radius 1 is 0.338 bits per heavy atom. The van der Waals surface area contributed by atoms with Gasteiger partial charge in [0.05, 0.1) is 84.6 Å². The van der Waals surface area contributed by atoms with Crippen molar-refractivity contribution < 1.29 is 57.5 Å². The van der Waals surface area contributed by atoms with Gasteiger partial charge in [0.25, 0.3) is 0 Å². The molecule has 0 saturated heterocycles. The first kappa shape index (κ1) is 122. The summed E-state index contributed by atoms with van der Waals surface area (Å²) >= 11 is 6.45. The van der Waals surface area contributed by atoms with Crippen LogP contribution in [0, 0.1) is 47.3 Å². The monoisotopic (exact) mass is 2100 g/mol. The van der Waals surface area contributed by atoms with Crippen molar-refractivity contribution in [3.05, 3.63) is 164 Å². The largest absolute Gasteiger partial charge is 0.359 e. The van der Waals surface area contributed by atoms with E-state index >= 15 is 0 Å². The number of carbonyl (C=O) groups is 12. The molecule has 4 aromatic carbocycles. The van der Waals surface area contributed by atoms with Gasteiger partial charge >= 0.3 is 0 Å². The van der Waals surface area contributed by atoms with Gasteiger partial charge in [0.15, 0.2) is 23.1 Å². The Kier molecular flexibility index (Phi) is 53.4. The molecule has 5 N–H and O–H groups in total. The third kappa shape index (κ3) is 42.8. The molecule has 4 fully saturated rings. The lowest BCUT2D eigenvalue weighted by atomic mass is 9.91. The van der Waals surface area contributed by atoms with Crippen LogP contribution in [0.5, 0.6) is 0 Å². The summed E-state index contributed by atoms with van der Waals surface area (Å²) in [6.07, 6.45) is 44.4. The fourth-order valence-corrected chi connectivity index (χ4v) is 24.8. The second-order valence-corrected chi connectivity index (χ2v) is 46.8. The maximum atomic E-state index is 13.7. The van der Waals surface area contributed by atoms with E-state index in [1.54, 1.807) is 83.6 Å². The van der Waals surface area contributed by atoms with Crippen LogP contribution in [0.15, 0.2) is 121 Å². The molecular weight excluding hydrogens is 1930 g/mol. The average Bonchev–Trinajstić information content (AvgIpc) is 1.69. The molecule has 0 radical (unpaired) electrons. The van der Waals surface area contributed by atoms with Crippen molar-refractivity contribution >= 4 is 156 Å². The van der Waals surface area contributed by atoms with Crippen LogP contribution in [0.4, 0.5) is 0 Å². The number of hydrogen-bond acceptors (Lipinski definition) is 24. The summed E-state index contributed by atoms with van der Waals surface area (Å²) < 4.78 is 4.48. The third-order valence-corrected chi connectivity index (χ3v) is 33.2. The molecule has 808 valence electrons. The lowest BCUT2D eigenvalue weighted by Crippen LogP contribution is -2.44. The van der Waals surface area contributed by atoms with Crippen molar-refractivity contribution in [1.82, 2.24) is 66.1 Å². The smallest absolute Gasteiger partial charge is 0.224 e. The Morgan fingerprint density at radius 3 is 0.804 bits per heavy atom. The average molecular weight is 2100 g/mol. The Hall–Kier alpha value is -9.72. The zero-order valence-corrected chi connectivity index (χ0v) is 94.8. The molecule has 4 aliphatic rings. The number of aryl methyl sites for hydroxylation is 4. The van der Waals surface area contributed by atoms with E-state index in [4.69, 9.17) is 19.9 Å². The Balaban J connectivity index is 0.000000219. The van der Waals surface area contributed by atoms with Crippen LogP contribution in [-0.4, -0.2) is 223 Å². The molecule has 0 bridgehead atoms. The van der Waals surface area contributed by atoms with Crippen LogP contribution in [0.25, 0.3) is 40.9 Å². The van der Waals surface area contributed by atoms with Crippen LogP contribution in [0.3, 0.4) is 0 Å². The summed E-state index contributed by atoms with van der Waals surface area (Å²) in [4.78, 5) is 181. The van der Waals surface area contributed by atoms with Crippen molar-refractivity contribution in [3.8, 4) is 0 Å². The van der Waals surface area contributed by atoms with Gasteiger partial charge in [-0.3, -0.25) is 52.7 Å². The van der Waals surface area contributed by atoms with E-state index in [0.717, 1.165) is 222 Å². The standard InChI is InChI=1S/C31H45N3O3S.C30H43N3O3S.C29H42N4O3S.C29H41N3O3S/c1-5-10-26(36)20-24(21-30-32-28-16-14-22(6-2)19-29(28)38-30)31(37)33-27(23-11-7-8-12-23)17-15-25(35)13-9-18-34(3)4;1-5-21-13-15-27-28(18-21)37-29(31-27)20-23(19-24(34)6-2)30(36)32-26(22-10-7-8-11-22)16-14-25(35)12-9-17-33(3)4;1-5-20-12-14-25-26(17-20)37-28(31-25)19-22(18-27(35)30-2)29(36)32-24(21-9-6-7-10-21)15-13-23(34)11-8-16-33(3)4;1-5-21-12-14-26-27(18-21)36-28(30-26)19-23(17-20(2)33)29(35)31-25(22-9-6-7-10-22)15-13-24(34)11-8-16-32(3)4/h9,13-14,16,19,23-24,27H,5-8,10-12,15,17-18,20-21H2,1-4H3,(H,33,37);9,12-13,15,18,22-23,26H,5-8,10-11,14,16-17,19-20H2,1-4H3,(H,32,36);8,11-12,14,17,21-22,24H,5-7,9-10,13,15-16,18-19H2,1-4H3,(H,30,35)(H,32,36);8,11-12,14,18,22-23,25H,5-7,9-10,13,15-17,19H2,1-4H3,(H,31,35)/b13-9+;12-9+;2*11-8+/t24-,27+;23-,26+;22-,24+;23-,25+/m0000/s1. The lowest BCUT2D eigenvalue weighted by molar-refractivity contribution is -0.131. The number of nitrogens with one attached hydrogen (secondary N) is 5. The first-order valence-electron chi connectivity index (χ1n) is 55.0. The molecule has 25 nitrogen and oxygen atoms in total. The van der Waals surface area contributed by atoms with Gasteiger partial charge in [-0.15, -0.1) is 45.3 Å². The fourth-order valence-electron chi connectivity index (χ4n) is 20.4. The zero-order chi connectivity index (χ0) is 107. The van der Waals surface area contributed by atoms with Crippen LogP contribution >= 0.6 is 45.3 Å². The van der Waals surface area contributed by atoms with Crippen molar-refractivity contribution in [3.63, 3.8) is 0 Å². The molecule has 8 aromatic rings. The van der Waals surface area contributed by atoms with Crippen LogP contribution < -0.4 is 26.6 Å². The zero-order valence-electron chi connectivity index (χ0n) is 91.5. The number of likely N-dealkylation sites (N-methyl/N-ethyl adjacent to an activating group) is 4. The summed E-state index contributed by atoms with van der Waals surface area (Å²) in [6.45, 7) is 16.8. The van der Waals surface area contributed by atoms with Crippen LogP contribution in [0.2, 0.25) is 0 Å². The number of nitrogens with zero attached hydrogens (tertiary/aromatic N) is 8. The molecule has 4 heterocycles. The highest BCUT2D eigenvalue weighted by Crippen LogP contribution is 2.38. The second-order valence-electron chi connectivity index (χ2n) is 42.3. The molecule has 12 rings (SSSR count). The van der Waals surface area contributed by atoms with Gasteiger partial charge in [0.2, 0.25) is 29.5 Å². The van der Waals surface area contributed by atoms with E-state index in [9.17, 15) is 57.5 Å². The highest BCUT2D eigenvalue weighted by atomic mass is 32.1. The highest BCUT2D eigenvalue weighted by Gasteiger charge is 2.37. The molecule has 8 atom stereocenters. The summed E-state index contributed by atoms with van der Waals surface area (Å²) in [5.74, 6) is -0.246. The molecule has 148 heavy (non-hydrogen) atoms. The van der Waals surface area contributed by atoms with Gasteiger partial charge in [-0.1, -0.05) is 141 Å². The first-order valence-corrected chi connectivity index (χ1v) is 58.2. The van der Waals surface area contributed by atoms with Crippen LogP contribution in [-0.2, 0) is 109 Å². The Morgan fingerprint density at radius 2 is 0.581 bits per heavy atom. The number of aromatic nitrogens is 4. The normalized spacial score (nSPS) is 16.0. The number of fused-ring (bicyclic) bond motifs is 4. The van der Waals surface area contributed by atoms with E-state index in [2.05, 4.69) is 103 Å². The quantitative estimate of drug-likeness (QED) is 0.0221. The summed E-state index contributed by atoms with van der Waals surface area (Å²) in [6, 6.07) is 25.0. The maximum Gasteiger partial charge on any atom is 0.224 e. The Labute approximate surface area is 897 Å². The Bertz CT molecular complexity index is 5550. The van der Waals surface area contributed by atoms with Gasteiger partial charge in [-0.25, -0.2) is 19.9 Å². The molecule has 29 heteroatoms. The first-order chi connectivity index (χ1) is 71.1. The molecule has 4 aliphatic carbocycles.